The van der Waals surface area contributed by atoms with E-state index in [1.54, 1.807) is 55.1 Å². The number of anilines is 1. The minimum atomic E-state index is -3.26. The van der Waals surface area contributed by atoms with Gasteiger partial charge in [-0.05, 0) is 35.2 Å². The van der Waals surface area contributed by atoms with Crippen molar-refractivity contribution in [2.75, 3.05) is 11.1 Å². The highest BCUT2D eigenvalue weighted by atomic mass is 32.2. The molecule has 0 saturated heterocycles. The Morgan fingerprint density at radius 3 is 2.54 bits per heavy atom. The SMILES string of the molecule is CCS(=O)(=O)c1ccc(CC(=O)Nc2nc3c(s2)CN(Cc2ccn(C)c(=O)c2)[C@H]3C(C)C)cc1. The van der Waals surface area contributed by atoms with Crippen molar-refractivity contribution in [3.63, 3.8) is 0 Å². The molecular formula is C25H30N4O4S2. The average molecular weight is 515 g/mol. The number of carbonyl (C=O) groups is 1. The molecule has 1 atom stereocenters. The Balaban J connectivity index is 1.43. The largest absolute Gasteiger partial charge is 0.319 e. The highest BCUT2D eigenvalue weighted by molar-refractivity contribution is 7.91. The fourth-order valence-corrected chi connectivity index (χ4v) is 6.29. The van der Waals surface area contributed by atoms with Crippen molar-refractivity contribution in [3.05, 3.63) is 74.6 Å². The minimum Gasteiger partial charge on any atom is -0.319 e. The number of nitrogens with one attached hydrogen (secondary N) is 1. The van der Waals surface area contributed by atoms with Crippen molar-refractivity contribution in [1.29, 1.82) is 0 Å². The molecule has 10 heteroatoms. The Morgan fingerprint density at radius 2 is 1.91 bits per heavy atom. The van der Waals surface area contributed by atoms with E-state index in [0.29, 0.717) is 24.1 Å². The van der Waals surface area contributed by atoms with Crippen molar-refractivity contribution < 1.29 is 13.2 Å². The molecule has 35 heavy (non-hydrogen) atoms. The van der Waals surface area contributed by atoms with Crippen LogP contribution in [0.3, 0.4) is 0 Å². The summed E-state index contributed by atoms with van der Waals surface area (Å²) in [5, 5.41) is 3.47. The molecule has 0 radical (unpaired) electrons. The molecule has 1 aliphatic rings. The van der Waals surface area contributed by atoms with Gasteiger partial charge in [0.15, 0.2) is 15.0 Å². The van der Waals surface area contributed by atoms with Crippen LogP contribution >= 0.6 is 11.3 Å². The van der Waals surface area contributed by atoms with Crippen molar-refractivity contribution in [1.82, 2.24) is 14.5 Å². The van der Waals surface area contributed by atoms with Gasteiger partial charge in [-0.2, -0.15) is 0 Å². The molecule has 0 unspecified atom stereocenters. The molecule has 3 aromatic rings. The van der Waals surface area contributed by atoms with Gasteiger partial charge in [-0.25, -0.2) is 13.4 Å². The van der Waals surface area contributed by atoms with Crippen LogP contribution in [0.25, 0.3) is 0 Å². The Morgan fingerprint density at radius 1 is 1.20 bits per heavy atom. The minimum absolute atomic E-state index is 0.0256. The third-order valence-electron chi connectivity index (χ3n) is 6.21. The summed E-state index contributed by atoms with van der Waals surface area (Å²) in [5.41, 5.74) is 2.67. The fourth-order valence-electron chi connectivity index (χ4n) is 4.36. The molecule has 0 aliphatic carbocycles. The zero-order chi connectivity index (χ0) is 25.3. The standard InChI is InChI=1S/C25H30N4O4S2/c1-5-35(32,33)19-8-6-17(7-9-19)12-21(30)26-25-27-23-20(34-25)15-29(24(23)16(2)3)14-18-10-11-28(4)22(31)13-18/h6-11,13,16,24H,5,12,14-15H2,1-4H3,(H,26,27,30)/t24-/m0/s1. The molecule has 0 fully saturated rings. The topological polar surface area (TPSA) is 101 Å². The predicted octanol–water partition coefficient (Wildman–Crippen LogP) is 3.53. The number of sulfone groups is 1. The van der Waals surface area contributed by atoms with Gasteiger partial charge in [0.25, 0.3) is 5.56 Å². The van der Waals surface area contributed by atoms with Gasteiger partial charge in [-0.15, -0.1) is 11.3 Å². The maximum Gasteiger partial charge on any atom is 0.250 e. The predicted molar refractivity (Wildman–Crippen MR) is 137 cm³/mol. The highest BCUT2D eigenvalue weighted by Crippen LogP contribution is 2.43. The van der Waals surface area contributed by atoms with Crippen molar-refractivity contribution >= 4 is 32.2 Å². The van der Waals surface area contributed by atoms with Crippen LogP contribution in [0.2, 0.25) is 0 Å². The van der Waals surface area contributed by atoms with Gasteiger partial charge in [-0.1, -0.05) is 32.9 Å². The van der Waals surface area contributed by atoms with Gasteiger partial charge in [0.2, 0.25) is 5.91 Å². The number of benzene rings is 1. The molecule has 1 amide bonds. The zero-order valence-corrected chi connectivity index (χ0v) is 21.9. The lowest BCUT2D eigenvalue weighted by Crippen LogP contribution is -2.27. The third kappa shape index (κ3) is 5.55. The Bertz CT molecular complexity index is 1390. The van der Waals surface area contributed by atoms with E-state index in [1.807, 2.05) is 6.07 Å². The number of fused-ring (bicyclic) bond motifs is 1. The van der Waals surface area contributed by atoms with E-state index < -0.39 is 9.84 Å². The summed E-state index contributed by atoms with van der Waals surface area (Å²) in [6.45, 7) is 7.28. The van der Waals surface area contributed by atoms with Crippen LogP contribution < -0.4 is 10.9 Å². The average Bonchev–Trinajstić information content (AvgIpc) is 3.32. The van der Waals surface area contributed by atoms with E-state index in [0.717, 1.165) is 21.7 Å². The van der Waals surface area contributed by atoms with Gasteiger partial charge in [-0.3, -0.25) is 14.5 Å². The fraction of sp³-hybridized carbons (Fsp3) is 0.400. The molecule has 2 aromatic heterocycles. The van der Waals surface area contributed by atoms with Crippen LogP contribution in [0.4, 0.5) is 5.13 Å². The van der Waals surface area contributed by atoms with Crippen LogP contribution in [-0.4, -0.2) is 34.5 Å². The maximum absolute atomic E-state index is 12.6. The molecule has 1 N–H and O–H groups in total. The molecule has 8 nitrogen and oxygen atoms in total. The first-order valence-electron chi connectivity index (χ1n) is 11.6. The second-order valence-corrected chi connectivity index (χ2v) is 12.5. The number of amides is 1. The molecule has 0 spiro atoms. The van der Waals surface area contributed by atoms with Crippen LogP contribution in [0.5, 0.6) is 0 Å². The molecule has 1 aliphatic heterocycles. The number of aromatic nitrogens is 2. The summed E-state index contributed by atoms with van der Waals surface area (Å²) in [5.74, 6) is 0.160. The van der Waals surface area contributed by atoms with E-state index in [1.165, 1.54) is 11.3 Å². The summed E-state index contributed by atoms with van der Waals surface area (Å²) in [6.07, 6.45) is 1.93. The van der Waals surface area contributed by atoms with Crippen LogP contribution in [0.15, 0.2) is 52.3 Å². The van der Waals surface area contributed by atoms with Crippen molar-refractivity contribution in [2.24, 2.45) is 13.0 Å². The Hall–Kier alpha value is -2.82. The van der Waals surface area contributed by atoms with Crippen LogP contribution in [0, 0.1) is 5.92 Å². The number of nitrogens with zero attached hydrogens (tertiary/aromatic N) is 3. The second kappa shape index (κ2) is 10.0. The third-order valence-corrected chi connectivity index (χ3v) is 8.93. The molecule has 0 saturated carbocycles. The number of aryl methyl sites for hydroxylation is 1. The smallest absolute Gasteiger partial charge is 0.250 e. The van der Waals surface area contributed by atoms with Crippen molar-refractivity contribution in [3.8, 4) is 0 Å². The molecule has 0 bridgehead atoms. The highest BCUT2D eigenvalue weighted by Gasteiger charge is 2.36. The Labute approximate surface area is 209 Å². The van der Waals surface area contributed by atoms with Gasteiger partial charge in [0.1, 0.15) is 0 Å². The first kappa shape index (κ1) is 25.3. The lowest BCUT2D eigenvalue weighted by atomic mass is 10.0. The number of hydrogen-bond acceptors (Lipinski definition) is 7. The normalized spacial score (nSPS) is 16.0. The van der Waals surface area contributed by atoms with Gasteiger partial charge in [0, 0.05) is 37.3 Å². The van der Waals surface area contributed by atoms with Crippen LogP contribution in [0.1, 0.15) is 48.5 Å². The molecular weight excluding hydrogens is 484 g/mol. The first-order chi connectivity index (χ1) is 16.6. The Kier molecular flexibility index (Phi) is 7.25. The number of pyridine rings is 1. The molecule has 186 valence electrons. The summed E-state index contributed by atoms with van der Waals surface area (Å²) >= 11 is 1.48. The summed E-state index contributed by atoms with van der Waals surface area (Å²) in [4.78, 5) is 33.1. The van der Waals surface area contributed by atoms with E-state index in [-0.39, 0.29) is 34.6 Å². The number of thiazole rings is 1. The van der Waals surface area contributed by atoms with E-state index in [4.69, 9.17) is 4.98 Å². The lowest BCUT2D eigenvalue weighted by Gasteiger charge is -2.27. The quantitative estimate of drug-likeness (QED) is 0.494. The van der Waals surface area contributed by atoms with Gasteiger partial charge in [0.05, 0.1) is 28.8 Å². The van der Waals surface area contributed by atoms with Gasteiger partial charge < -0.3 is 9.88 Å². The number of rotatable bonds is 8. The summed E-state index contributed by atoms with van der Waals surface area (Å²) < 4.78 is 25.5. The van der Waals surface area contributed by atoms with E-state index >= 15 is 0 Å². The molecule has 1 aromatic carbocycles. The number of carbonyl (C=O) groups excluding carboxylic acids is 1. The van der Waals surface area contributed by atoms with E-state index in [2.05, 4.69) is 24.1 Å². The monoisotopic (exact) mass is 514 g/mol. The zero-order valence-electron chi connectivity index (χ0n) is 20.3. The molecule has 3 heterocycles. The van der Waals surface area contributed by atoms with E-state index in [9.17, 15) is 18.0 Å². The lowest BCUT2D eigenvalue weighted by molar-refractivity contribution is -0.115. The molecule has 4 rings (SSSR count). The maximum atomic E-state index is 12.6. The van der Waals surface area contributed by atoms with Crippen LogP contribution in [-0.2, 0) is 41.2 Å². The first-order valence-corrected chi connectivity index (χ1v) is 14.0. The summed E-state index contributed by atoms with van der Waals surface area (Å²) in [7, 11) is -1.52. The second-order valence-electron chi connectivity index (χ2n) is 9.18. The number of hydrogen-bond donors (Lipinski definition) is 1. The van der Waals surface area contributed by atoms with Crippen molar-refractivity contribution in [2.45, 2.75) is 51.2 Å². The summed E-state index contributed by atoms with van der Waals surface area (Å²) in [6, 6.07) is 10.2. The van der Waals surface area contributed by atoms with Gasteiger partial charge >= 0.3 is 0 Å².